The zero-order valence-corrected chi connectivity index (χ0v) is 14.8. The first-order valence-electron chi connectivity index (χ1n) is 7.07. The van der Waals surface area contributed by atoms with Crippen LogP contribution in [0.15, 0.2) is 28.7 Å². The molecule has 2 aromatic rings. The minimum atomic E-state index is -0.0404. The van der Waals surface area contributed by atoms with E-state index in [-0.39, 0.29) is 11.9 Å². The first-order chi connectivity index (χ1) is 10.4. The molecule has 0 radical (unpaired) electrons. The highest BCUT2D eigenvalue weighted by Gasteiger charge is 2.17. The summed E-state index contributed by atoms with van der Waals surface area (Å²) in [6.07, 6.45) is 0.362. The summed E-state index contributed by atoms with van der Waals surface area (Å²) in [6, 6.07) is 7.26. The number of nitrogens with one attached hydrogen (secondary N) is 1. The number of rotatable bonds is 5. The third kappa shape index (κ3) is 3.68. The lowest BCUT2D eigenvalue weighted by Crippen LogP contribution is -2.19. The highest BCUT2D eigenvalue weighted by atomic mass is 79.9. The summed E-state index contributed by atoms with van der Waals surface area (Å²) in [5, 5.41) is 7.35. The Bertz CT molecular complexity index is 665. The van der Waals surface area contributed by atoms with Gasteiger partial charge in [-0.3, -0.25) is 9.48 Å². The molecule has 0 bridgehead atoms. The number of methoxy groups -OCH3 is 1. The van der Waals surface area contributed by atoms with Crippen LogP contribution in [0, 0.1) is 13.8 Å². The first-order valence-corrected chi connectivity index (χ1v) is 7.86. The van der Waals surface area contributed by atoms with Crippen molar-refractivity contribution in [3.8, 4) is 5.75 Å². The summed E-state index contributed by atoms with van der Waals surface area (Å²) in [5.74, 6) is 0.722. The molecular weight excluding hydrogens is 346 g/mol. The van der Waals surface area contributed by atoms with E-state index >= 15 is 0 Å². The van der Waals surface area contributed by atoms with E-state index in [0.717, 1.165) is 27.3 Å². The van der Waals surface area contributed by atoms with Crippen LogP contribution in [0.4, 0.5) is 5.69 Å². The molecule has 6 heteroatoms. The van der Waals surface area contributed by atoms with Gasteiger partial charge in [-0.15, -0.1) is 0 Å². The summed E-state index contributed by atoms with van der Waals surface area (Å²) in [4.78, 5) is 12.2. The van der Waals surface area contributed by atoms with Crippen LogP contribution < -0.4 is 10.1 Å². The van der Waals surface area contributed by atoms with Crippen molar-refractivity contribution in [2.45, 2.75) is 33.2 Å². The average molecular weight is 366 g/mol. The van der Waals surface area contributed by atoms with E-state index < -0.39 is 0 Å². The maximum absolute atomic E-state index is 12.2. The van der Waals surface area contributed by atoms with Crippen LogP contribution >= 0.6 is 15.9 Å². The molecule has 0 spiro atoms. The second-order valence-corrected chi connectivity index (χ2v) is 6.05. The van der Waals surface area contributed by atoms with Crippen LogP contribution in [0.1, 0.15) is 30.8 Å². The van der Waals surface area contributed by atoms with Crippen molar-refractivity contribution in [3.05, 3.63) is 40.1 Å². The number of hydrogen-bond donors (Lipinski definition) is 1. The van der Waals surface area contributed by atoms with Crippen molar-refractivity contribution >= 4 is 27.5 Å². The van der Waals surface area contributed by atoms with Gasteiger partial charge in [0, 0.05) is 12.1 Å². The Kier molecular flexibility index (Phi) is 5.24. The standard InChI is InChI=1S/C16H20BrN3O2/c1-10(20-12(3)16(17)11(2)19-20)9-15(21)18-13-5-7-14(22-4)8-6-13/h5-8,10H,9H2,1-4H3,(H,18,21)/t10-/m1/s1. The molecule has 1 heterocycles. The van der Waals surface area contributed by atoms with E-state index in [9.17, 15) is 4.79 Å². The lowest BCUT2D eigenvalue weighted by molar-refractivity contribution is -0.116. The van der Waals surface area contributed by atoms with Crippen molar-refractivity contribution in [2.24, 2.45) is 0 Å². The Hall–Kier alpha value is -1.82. The first kappa shape index (κ1) is 16.5. The van der Waals surface area contributed by atoms with Crippen molar-refractivity contribution in [1.29, 1.82) is 0 Å². The molecule has 1 N–H and O–H groups in total. The lowest BCUT2D eigenvalue weighted by atomic mass is 10.2. The quantitative estimate of drug-likeness (QED) is 0.874. The summed E-state index contributed by atoms with van der Waals surface area (Å²) < 4.78 is 7.97. The highest BCUT2D eigenvalue weighted by Crippen LogP contribution is 2.24. The molecule has 1 atom stereocenters. The van der Waals surface area contributed by atoms with E-state index in [0.29, 0.717) is 6.42 Å². The number of anilines is 1. The minimum Gasteiger partial charge on any atom is -0.497 e. The number of aryl methyl sites for hydroxylation is 1. The van der Waals surface area contributed by atoms with Gasteiger partial charge in [-0.2, -0.15) is 5.10 Å². The van der Waals surface area contributed by atoms with Crippen LogP contribution in [0.25, 0.3) is 0 Å². The fraction of sp³-hybridized carbons (Fsp3) is 0.375. The second-order valence-electron chi connectivity index (χ2n) is 5.26. The van der Waals surface area contributed by atoms with E-state index in [4.69, 9.17) is 4.74 Å². The molecule has 2 rings (SSSR count). The third-order valence-corrected chi connectivity index (χ3v) is 4.66. The number of hydrogen-bond acceptors (Lipinski definition) is 3. The number of nitrogens with zero attached hydrogens (tertiary/aromatic N) is 2. The predicted octanol–water partition coefficient (Wildman–Crippen LogP) is 3.86. The van der Waals surface area contributed by atoms with Crippen LogP contribution in [0.3, 0.4) is 0 Å². The molecule has 0 unspecified atom stereocenters. The van der Waals surface area contributed by atoms with Gasteiger partial charge in [-0.05, 0) is 61.0 Å². The van der Waals surface area contributed by atoms with Gasteiger partial charge < -0.3 is 10.1 Å². The third-order valence-electron chi connectivity index (χ3n) is 3.51. The summed E-state index contributed by atoms with van der Waals surface area (Å²) in [6.45, 7) is 5.92. The molecule has 118 valence electrons. The second kappa shape index (κ2) is 6.96. The normalized spacial score (nSPS) is 12.0. The number of aromatic nitrogens is 2. The Morgan fingerprint density at radius 1 is 1.36 bits per heavy atom. The Labute approximate surface area is 138 Å². The number of halogens is 1. The maximum atomic E-state index is 12.2. The van der Waals surface area contributed by atoms with E-state index in [2.05, 4.69) is 26.3 Å². The molecule has 5 nitrogen and oxygen atoms in total. The molecule has 0 saturated heterocycles. The average Bonchev–Trinajstić information content (AvgIpc) is 2.75. The fourth-order valence-electron chi connectivity index (χ4n) is 2.31. The fourth-order valence-corrected chi connectivity index (χ4v) is 2.57. The van der Waals surface area contributed by atoms with Crippen LogP contribution in [-0.4, -0.2) is 22.8 Å². The molecule has 0 aliphatic carbocycles. The van der Waals surface area contributed by atoms with Gasteiger partial charge in [0.05, 0.1) is 29.0 Å². The van der Waals surface area contributed by atoms with Crippen molar-refractivity contribution in [2.75, 3.05) is 12.4 Å². The predicted molar refractivity (Wildman–Crippen MR) is 90.4 cm³/mol. The van der Waals surface area contributed by atoms with E-state index in [1.165, 1.54) is 0 Å². The van der Waals surface area contributed by atoms with Crippen LogP contribution in [0.5, 0.6) is 5.75 Å². The van der Waals surface area contributed by atoms with Crippen molar-refractivity contribution in [3.63, 3.8) is 0 Å². The number of benzene rings is 1. The van der Waals surface area contributed by atoms with E-state index in [1.54, 1.807) is 7.11 Å². The number of carbonyl (C=O) groups excluding carboxylic acids is 1. The highest BCUT2D eigenvalue weighted by molar-refractivity contribution is 9.10. The van der Waals surface area contributed by atoms with E-state index in [1.807, 2.05) is 49.7 Å². The van der Waals surface area contributed by atoms with Crippen molar-refractivity contribution in [1.82, 2.24) is 9.78 Å². The zero-order valence-electron chi connectivity index (χ0n) is 13.2. The van der Waals surface area contributed by atoms with Gasteiger partial charge in [0.25, 0.3) is 0 Å². The molecule has 0 saturated carbocycles. The van der Waals surface area contributed by atoms with Crippen LogP contribution in [-0.2, 0) is 4.79 Å². The Morgan fingerprint density at radius 2 is 2.00 bits per heavy atom. The monoisotopic (exact) mass is 365 g/mol. The Morgan fingerprint density at radius 3 is 2.50 bits per heavy atom. The van der Waals surface area contributed by atoms with Gasteiger partial charge in [0.15, 0.2) is 0 Å². The minimum absolute atomic E-state index is 0.0109. The molecule has 0 fully saturated rings. The number of carbonyl (C=O) groups is 1. The topological polar surface area (TPSA) is 56.1 Å². The SMILES string of the molecule is COc1ccc(NC(=O)C[C@@H](C)n2nc(C)c(Br)c2C)cc1. The Balaban J connectivity index is 2.00. The largest absolute Gasteiger partial charge is 0.497 e. The molecule has 0 aliphatic rings. The smallest absolute Gasteiger partial charge is 0.226 e. The molecular formula is C16H20BrN3O2. The number of ether oxygens (including phenoxy) is 1. The van der Waals surface area contributed by atoms with Gasteiger partial charge in [-0.25, -0.2) is 0 Å². The number of amides is 1. The molecule has 1 amide bonds. The zero-order chi connectivity index (χ0) is 16.3. The van der Waals surface area contributed by atoms with Gasteiger partial charge in [0.2, 0.25) is 5.91 Å². The summed E-state index contributed by atoms with van der Waals surface area (Å²) in [7, 11) is 1.61. The van der Waals surface area contributed by atoms with Crippen molar-refractivity contribution < 1.29 is 9.53 Å². The van der Waals surface area contributed by atoms with Crippen LogP contribution in [0.2, 0.25) is 0 Å². The summed E-state index contributed by atoms with van der Waals surface area (Å²) >= 11 is 3.51. The summed E-state index contributed by atoms with van der Waals surface area (Å²) in [5.41, 5.74) is 2.72. The molecule has 1 aromatic carbocycles. The van der Waals surface area contributed by atoms with Gasteiger partial charge >= 0.3 is 0 Å². The van der Waals surface area contributed by atoms with Gasteiger partial charge in [0.1, 0.15) is 5.75 Å². The lowest BCUT2D eigenvalue weighted by Gasteiger charge is -2.14. The van der Waals surface area contributed by atoms with Gasteiger partial charge in [-0.1, -0.05) is 0 Å². The molecule has 0 aliphatic heterocycles. The maximum Gasteiger partial charge on any atom is 0.226 e. The molecule has 22 heavy (non-hydrogen) atoms. The molecule has 1 aromatic heterocycles.